The third-order valence-corrected chi connectivity index (χ3v) is 6.62. The van der Waals surface area contributed by atoms with Crippen molar-refractivity contribution in [2.75, 3.05) is 26.0 Å². The van der Waals surface area contributed by atoms with Crippen molar-refractivity contribution in [2.45, 2.75) is 39.0 Å². The summed E-state index contributed by atoms with van der Waals surface area (Å²) in [4.78, 5) is 11.6. The monoisotopic (exact) mass is 303 g/mol. The number of sulfonamides is 1. The van der Waals surface area contributed by atoms with E-state index in [2.05, 4.69) is 0 Å². The van der Waals surface area contributed by atoms with Crippen LogP contribution in [0.15, 0.2) is 0 Å². The smallest absolute Gasteiger partial charge is 0.310 e. The molecule has 5 nitrogen and oxygen atoms in total. The Balaban J connectivity index is 1.98. The topological polar surface area (TPSA) is 63.7 Å². The van der Waals surface area contributed by atoms with E-state index in [1.165, 1.54) is 17.8 Å². The number of nitrogens with zero attached hydrogens (tertiary/aromatic N) is 1. The molecular formula is C14H25NO4S. The molecule has 1 aliphatic heterocycles. The van der Waals surface area contributed by atoms with Gasteiger partial charge >= 0.3 is 5.97 Å². The lowest BCUT2D eigenvalue weighted by atomic mass is 9.91. The predicted molar refractivity (Wildman–Crippen MR) is 76.6 cm³/mol. The Hall–Kier alpha value is -0.620. The second-order valence-electron chi connectivity index (χ2n) is 6.21. The van der Waals surface area contributed by atoms with Crippen LogP contribution in [0.5, 0.6) is 0 Å². The minimum atomic E-state index is -3.24. The molecule has 2 unspecified atom stereocenters. The first-order chi connectivity index (χ1) is 9.44. The van der Waals surface area contributed by atoms with Gasteiger partial charge in [-0.1, -0.05) is 26.2 Å². The summed E-state index contributed by atoms with van der Waals surface area (Å²) in [6.45, 7) is 2.63. The average molecular weight is 303 g/mol. The molecule has 0 spiro atoms. The highest BCUT2D eigenvalue weighted by Crippen LogP contribution is 2.30. The third kappa shape index (κ3) is 3.52. The number of methoxy groups -OCH3 is 1. The van der Waals surface area contributed by atoms with E-state index < -0.39 is 10.0 Å². The van der Waals surface area contributed by atoms with Crippen molar-refractivity contribution >= 4 is 16.0 Å². The molecule has 116 valence electrons. The molecule has 1 saturated heterocycles. The highest BCUT2D eigenvalue weighted by Gasteiger charge is 2.41. The van der Waals surface area contributed by atoms with E-state index in [0.29, 0.717) is 12.5 Å². The van der Waals surface area contributed by atoms with E-state index in [0.717, 1.165) is 25.7 Å². The fourth-order valence-electron chi connectivity index (χ4n) is 3.36. The molecule has 0 aromatic heterocycles. The number of rotatable bonds is 4. The maximum absolute atomic E-state index is 12.5. The zero-order valence-electron chi connectivity index (χ0n) is 12.4. The van der Waals surface area contributed by atoms with Crippen molar-refractivity contribution in [2.24, 2.45) is 17.8 Å². The molecule has 1 heterocycles. The van der Waals surface area contributed by atoms with Crippen molar-refractivity contribution < 1.29 is 17.9 Å². The molecule has 6 heteroatoms. The van der Waals surface area contributed by atoms with Gasteiger partial charge in [-0.3, -0.25) is 4.79 Å². The van der Waals surface area contributed by atoms with E-state index in [9.17, 15) is 13.2 Å². The van der Waals surface area contributed by atoms with Gasteiger partial charge in [0.2, 0.25) is 10.0 Å². The van der Waals surface area contributed by atoms with Crippen LogP contribution < -0.4 is 0 Å². The third-order valence-electron chi connectivity index (χ3n) is 4.65. The molecular weight excluding hydrogens is 278 g/mol. The number of ether oxygens (including phenoxy) is 1. The van der Waals surface area contributed by atoms with E-state index in [1.54, 1.807) is 0 Å². The lowest BCUT2D eigenvalue weighted by Gasteiger charge is -2.24. The lowest BCUT2D eigenvalue weighted by Crippen LogP contribution is -2.35. The molecule has 1 aliphatic carbocycles. The molecule has 0 bridgehead atoms. The van der Waals surface area contributed by atoms with E-state index in [-0.39, 0.29) is 30.1 Å². The van der Waals surface area contributed by atoms with E-state index in [4.69, 9.17) is 4.74 Å². The molecule has 2 fully saturated rings. The van der Waals surface area contributed by atoms with Crippen LogP contribution in [0.2, 0.25) is 0 Å². The van der Waals surface area contributed by atoms with Gasteiger partial charge in [-0.15, -0.1) is 0 Å². The Bertz CT molecular complexity index is 442. The second kappa shape index (κ2) is 6.43. The van der Waals surface area contributed by atoms with Crippen molar-refractivity contribution in [1.29, 1.82) is 0 Å². The summed E-state index contributed by atoms with van der Waals surface area (Å²) in [6, 6.07) is 0. The maximum atomic E-state index is 12.5. The number of hydrogen-bond donors (Lipinski definition) is 0. The van der Waals surface area contributed by atoms with Crippen LogP contribution >= 0.6 is 0 Å². The van der Waals surface area contributed by atoms with Crippen LogP contribution in [-0.4, -0.2) is 44.6 Å². The Labute approximate surface area is 121 Å². The standard InChI is InChI=1S/C14H25NO4S/c1-11-8-15(9-13(11)14(16)19-2)20(17,18)10-12-6-4-3-5-7-12/h11-13H,3-10H2,1-2H3. The van der Waals surface area contributed by atoms with E-state index >= 15 is 0 Å². The first-order valence-corrected chi connectivity index (χ1v) is 9.10. The van der Waals surface area contributed by atoms with Crippen LogP contribution in [0.4, 0.5) is 0 Å². The molecule has 0 aromatic carbocycles. The maximum Gasteiger partial charge on any atom is 0.310 e. The number of esters is 1. The predicted octanol–water partition coefficient (Wildman–Crippen LogP) is 1.64. The lowest BCUT2D eigenvalue weighted by molar-refractivity contribution is -0.145. The van der Waals surface area contributed by atoms with Gasteiger partial charge in [0.15, 0.2) is 0 Å². The fourth-order valence-corrected chi connectivity index (χ4v) is 5.35. The van der Waals surface area contributed by atoms with Gasteiger partial charge in [0, 0.05) is 13.1 Å². The highest BCUT2D eigenvalue weighted by atomic mass is 32.2. The molecule has 0 N–H and O–H groups in total. The van der Waals surface area contributed by atoms with Gasteiger partial charge in [0.1, 0.15) is 0 Å². The first kappa shape index (κ1) is 15.8. The van der Waals surface area contributed by atoms with Gasteiger partial charge in [-0.2, -0.15) is 0 Å². The molecule has 0 aromatic rings. The molecule has 1 saturated carbocycles. The average Bonchev–Trinajstić information content (AvgIpc) is 2.81. The van der Waals surface area contributed by atoms with Crippen LogP contribution in [0.1, 0.15) is 39.0 Å². The Kier molecular flexibility index (Phi) is 5.07. The highest BCUT2D eigenvalue weighted by molar-refractivity contribution is 7.89. The van der Waals surface area contributed by atoms with Gasteiger partial charge in [-0.25, -0.2) is 12.7 Å². The zero-order chi connectivity index (χ0) is 14.8. The summed E-state index contributed by atoms with van der Waals surface area (Å²) in [5.74, 6) is -0.0491. The second-order valence-corrected chi connectivity index (χ2v) is 8.22. The van der Waals surface area contributed by atoms with Gasteiger partial charge in [-0.05, 0) is 24.7 Å². The minimum Gasteiger partial charge on any atom is -0.469 e. The molecule has 2 aliphatic rings. The van der Waals surface area contributed by atoms with Crippen molar-refractivity contribution in [3.63, 3.8) is 0 Å². The fraction of sp³-hybridized carbons (Fsp3) is 0.929. The molecule has 2 rings (SSSR count). The van der Waals surface area contributed by atoms with Crippen LogP contribution in [0.3, 0.4) is 0 Å². The van der Waals surface area contributed by atoms with Crippen LogP contribution in [0.25, 0.3) is 0 Å². The van der Waals surface area contributed by atoms with Crippen molar-refractivity contribution in [3.05, 3.63) is 0 Å². The molecule has 20 heavy (non-hydrogen) atoms. The largest absolute Gasteiger partial charge is 0.469 e. The Morgan fingerprint density at radius 2 is 1.85 bits per heavy atom. The molecule has 2 atom stereocenters. The number of carbonyl (C=O) groups excluding carboxylic acids is 1. The van der Waals surface area contributed by atoms with Gasteiger partial charge in [0.05, 0.1) is 18.8 Å². The van der Waals surface area contributed by atoms with Gasteiger partial charge < -0.3 is 4.74 Å². The summed E-state index contributed by atoms with van der Waals surface area (Å²) < 4.78 is 31.2. The minimum absolute atomic E-state index is 0.0311. The zero-order valence-corrected chi connectivity index (χ0v) is 13.2. The van der Waals surface area contributed by atoms with Gasteiger partial charge in [0.25, 0.3) is 0 Å². The summed E-state index contributed by atoms with van der Waals surface area (Å²) in [5, 5.41) is 0. The number of carbonyl (C=O) groups is 1. The van der Waals surface area contributed by atoms with Crippen LogP contribution in [-0.2, 0) is 19.6 Å². The first-order valence-electron chi connectivity index (χ1n) is 7.49. The normalized spacial score (nSPS) is 29.5. The Morgan fingerprint density at radius 3 is 2.45 bits per heavy atom. The van der Waals surface area contributed by atoms with Crippen molar-refractivity contribution in [1.82, 2.24) is 4.31 Å². The molecule has 0 amide bonds. The summed E-state index contributed by atoms with van der Waals surface area (Å²) in [5.41, 5.74) is 0. The van der Waals surface area contributed by atoms with Crippen LogP contribution in [0, 0.1) is 17.8 Å². The molecule has 0 radical (unpaired) electrons. The quantitative estimate of drug-likeness (QED) is 0.741. The Morgan fingerprint density at radius 1 is 1.20 bits per heavy atom. The SMILES string of the molecule is COC(=O)C1CN(S(=O)(=O)CC2CCCCC2)CC1C. The van der Waals surface area contributed by atoms with Crippen molar-refractivity contribution in [3.8, 4) is 0 Å². The summed E-state index contributed by atoms with van der Waals surface area (Å²) in [6.07, 6.45) is 5.54. The number of hydrogen-bond acceptors (Lipinski definition) is 4. The van der Waals surface area contributed by atoms with E-state index in [1.807, 2.05) is 6.92 Å². The summed E-state index contributed by atoms with van der Waals surface area (Å²) in [7, 11) is -1.89. The summed E-state index contributed by atoms with van der Waals surface area (Å²) >= 11 is 0.